The fourth-order valence-electron chi connectivity index (χ4n) is 3.52. The first-order valence-corrected chi connectivity index (χ1v) is 10.9. The predicted molar refractivity (Wildman–Crippen MR) is 129 cm³/mol. The summed E-state index contributed by atoms with van der Waals surface area (Å²) in [7, 11) is 3.15. The van der Waals surface area contributed by atoms with Gasteiger partial charge in [-0.25, -0.2) is 4.79 Å². The normalized spacial score (nSPS) is 11.5. The van der Waals surface area contributed by atoms with E-state index < -0.39 is 11.2 Å². The minimum Gasteiger partial charge on any atom is -0.493 e. The standard InChI is InChI=1S/C26H26O6S/c1-30-22-11-10-17(15-23(22)31-2)12-13-32-24(27)16-18-6-5-7-19(14-18)25(33)20-8-3-4-9-21(20)26(28)29/h3-11,14-15,25,33H,12-13,16H2,1-2H3,(H,28,29). The molecule has 1 atom stereocenters. The van der Waals surface area contributed by atoms with E-state index in [0.717, 1.165) is 16.7 Å². The largest absolute Gasteiger partial charge is 0.493 e. The molecule has 0 amide bonds. The average molecular weight is 467 g/mol. The molecule has 1 unspecified atom stereocenters. The summed E-state index contributed by atoms with van der Waals surface area (Å²) in [4.78, 5) is 23.9. The van der Waals surface area contributed by atoms with E-state index in [-0.39, 0.29) is 24.6 Å². The van der Waals surface area contributed by atoms with Crippen LogP contribution in [-0.4, -0.2) is 37.9 Å². The second kappa shape index (κ2) is 11.4. The Bertz CT molecular complexity index is 1130. The predicted octanol–water partition coefficient (Wildman–Crippen LogP) is 4.75. The van der Waals surface area contributed by atoms with Crippen molar-refractivity contribution in [1.29, 1.82) is 0 Å². The Morgan fingerprint density at radius 1 is 0.909 bits per heavy atom. The van der Waals surface area contributed by atoms with Crippen molar-refractivity contribution < 1.29 is 28.9 Å². The van der Waals surface area contributed by atoms with Gasteiger partial charge in [-0.15, -0.1) is 0 Å². The van der Waals surface area contributed by atoms with Crippen molar-refractivity contribution in [2.24, 2.45) is 0 Å². The highest BCUT2D eigenvalue weighted by Crippen LogP contribution is 2.31. The third-order valence-electron chi connectivity index (χ3n) is 5.20. The van der Waals surface area contributed by atoms with Gasteiger partial charge in [0.25, 0.3) is 0 Å². The molecule has 0 fully saturated rings. The monoisotopic (exact) mass is 466 g/mol. The van der Waals surface area contributed by atoms with Crippen molar-refractivity contribution in [1.82, 2.24) is 0 Å². The van der Waals surface area contributed by atoms with Crippen LogP contribution in [0.2, 0.25) is 0 Å². The number of carboxylic acids is 1. The number of esters is 1. The molecule has 0 spiro atoms. The Kier molecular flexibility index (Phi) is 8.38. The van der Waals surface area contributed by atoms with Gasteiger partial charge in [0.15, 0.2) is 11.5 Å². The highest BCUT2D eigenvalue weighted by atomic mass is 32.1. The molecule has 172 valence electrons. The number of carbonyl (C=O) groups excluding carboxylic acids is 1. The van der Waals surface area contributed by atoms with E-state index in [9.17, 15) is 14.7 Å². The highest BCUT2D eigenvalue weighted by Gasteiger charge is 2.18. The Labute approximate surface area is 198 Å². The molecule has 7 heteroatoms. The molecule has 0 heterocycles. The molecule has 0 aliphatic heterocycles. The minimum atomic E-state index is -1.00. The number of benzene rings is 3. The maximum atomic E-state index is 12.4. The maximum Gasteiger partial charge on any atom is 0.336 e. The Hall–Kier alpha value is -3.45. The number of rotatable bonds is 10. The van der Waals surface area contributed by atoms with Gasteiger partial charge in [-0.05, 0) is 40.5 Å². The lowest BCUT2D eigenvalue weighted by molar-refractivity contribution is -0.142. The number of ether oxygens (including phenoxy) is 3. The van der Waals surface area contributed by atoms with Crippen LogP contribution in [0, 0.1) is 0 Å². The molecular formula is C26H26O6S. The van der Waals surface area contributed by atoms with Crippen LogP contribution in [0.1, 0.15) is 37.9 Å². The third-order valence-corrected chi connectivity index (χ3v) is 5.78. The molecule has 3 aromatic rings. The number of thiol groups is 1. The first-order chi connectivity index (χ1) is 15.9. The molecule has 0 saturated carbocycles. The molecule has 0 aliphatic rings. The number of hydrogen-bond donors (Lipinski definition) is 2. The Morgan fingerprint density at radius 2 is 1.67 bits per heavy atom. The number of hydrogen-bond acceptors (Lipinski definition) is 6. The van der Waals surface area contributed by atoms with Gasteiger partial charge in [0.1, 0.15) is 0 Å². The van der Waals surface area contributed by atoms with Crippen molar-refractivity contribution >= 4 is 24.6 Å². The zero-order valence-corrected chi connectivity index (χ0v) is 19.4. The van der Waals surface area contributed by atoms with E-state index in [1.807, 2.05) is 42.5 Å². The van der Waals surface area contributed by atoms with Crippen molar-refractivity contribution in [3.8, 4) is 11.5 Å². The second-order valence-electron chi connectivity index (χ2n) is 7.38. The van der Waals surface area contributed by atoms with Crippen LogP contribution in [0.5, 0.6) is 11.5 Å². The van der Waals surface area contributed by atoms with E-state index in [1.165, 1.54) is 0 Å². The van der Waals surface area contributed by atoms with Crippen molar-refractivity contribution in [3.05, 3.63) is 94.5 Å². The fraction of sp³-hybridized carbons (Fsp3) is 0.231. The molecule has 6 nitrogen and oxygen atoms in total. The van der Waals surface area contributed by atoms with Crippen LogP contribution in [0.15, 0.2) is 66.7 Å². The van der Waals surface area contributed by atoms with Gasteiger partial charge in [0, 0.05) is 6.42 Å². The number of aromatic carboxylic acids is 1. The molecule has 1 N–H and O–H groups in total. The van der Waals surface area contributed by atoms with Crippen molar-refractivity contribution in [2.45, 2.75) is 18.1 Å². The summed E-state index contributed by atoms with van der Waals surface area (Å²) in [5.74, 6) is -0.0661. The average Bonchev–Trinajstić information content (AvgIpc) is 2.83. The fourth-order valence-corrected chi connectivity index (χ4v) is 3.91. The number of carboxylic acid groups (broad SMARTS) is 1. The van der Waals surface area contributed by atoms with Gasteiger partial charge in [-0.1, -0.05) is 48.5 Å². The second-order valence-corrected chi connectivity index (χ2v) is 7.89. The first-order valence-electron chi connectivity index (χ1n) is 10.4. The van der Waals surface area contributed by atoms with Gasteiger partial charge >= 0.3 is 11.9 Å². The maximum absolute atomic E-state index is 12.4. The molecule has 0 aromatic heterocycles. The molecular weight excluding hydrogens is 440 g/mol. The molecule has 0 bridgehead atoms. The van der Waals surface area contributed by atoms with Gasteiger partial charge < -0.3 is 19.3 Å². The molecule has 33 heavy (non-hydrogen) atoms. The SMILES string of the molecule is COc1ccc(CCOC(=O)Cc2cccc(C(S)c3ccccc3C(=O)O)c2)cc1OC. The van der Waals surface area contributed by atoms with Crippen molar-refractivity contribution in [3.63, 3.8) is 0 Å². The summed E-state index contributed by atoms with van der Waals surface area (Å²) >= 11 is 4.64. The lowest BCUT2D eigenvalue weighted by Crippen LogP contribution is -2.11. The molecule has 0 saturated heterocycles. The van der Waals surface area contributed by atoms with Crippen LogP contribution < -0.4 is 9.47 Å². The minimum absolute atomic E-state index is 0.112. The summed E-state index contributed by atoms with van der Waals surface area (Å²) < 4.78 is 15.9. The van der Waals surface area contributed by atoms with Crippen LogP contribution in [0.25, 0.3) is 0 Å². The van der Waals surface area contributed by atoms with Crippen LogP contribution in [0.3, 0.4) is 0 Å². The zero-order chi connectivity index (χ0) is 23.8. The summed E-state index contributed by atoms with van der Waals surface area (Å²) in [6.45, 7) is 0.245. The summed E-state index contributed by atoms with van der Waals surface area (Å²) in [6.07, 6.45) is 0.664. The van der Waals surface area contributed by atoms with Gasteiger partial charge in [0.2, 0.25) is 0 Å². The summed E-state index contributed by atoms with van der Waals surface area (Å²) in [5.41, 5.74) is 3.36. The van der Waals surface area contributed by atoms with Crippen LogP contribution in [-0.2, 0) is 22.4 Å². The van der Waals surface area contributed by atoms with Crippen molar-refractivity contribution in [2.75, 3.05) is 20.8 Å². The van der Waals surface area contributed by atoms with E-state index in [0.29, 0.717) is 23.5 Å². The molecule has 0 aliphatic carbocycles. The lowest BCUT2D eigenvalue weighted by Gasteiger charge is -2.15. The molecule has 3 rings (SSSR count). The first kappa shape index (κ1) is 24.2. The van der Waals surface area contributed by atoms with Crippen LogP contribution in [0.4, 0.5) is 0 Å². The summed E-state index contributed by atoms with van der Waals surface area (Å²) in [5, 5.41) is 9.01. The topological polar surface area (TPSA) is 82.1 Å². The quantitative estimate of drug-likeness (QED) is 0.332. The lowest BCUT2D eigenvalue weighted by atomic mass is 9.97. The third kappa shape index (κ3) is 6.29. The van der Waals surface area contributed by atoms with Gasteiger partial charge in [-0.2, -0.15) is 12.6 Å². The van der Waals surface area contributed by atoms with Crippen LogP contribution >= 0.6 is 12.6 Å². The van der Waals surface area contributed by atoms with Gasteiger partial charge in [0.05, 0.1) is 38.1 Å². The molecule has 3 aromatic carbocycles. The molecule has 0 radical (unpaired) electrons. The van der Waals surface area contributed by atoms with E-state index >= 15 is 0 Å². The van der Waals surface area contributed by atoms with E-state index in [1.54, 1.807) is 38.5 Å². The highest BCUT2D eigenvalue weighted by molar-refractivity contribution is 7.80. The van der Waals surface area contributed by atoms with E-state index in [2.05, 4.69) is 12.6 Å². The van der Waals surface area contributed by atoms with Gasteiger partial charge in [-0.3, -0.25) is 4.79 Å². The summed E-state index contributed by atoms with van der Waals surface area (Å²) in [6, 6.07) is 19.7. The Morgan fingerprint density at radius 3 is 2.39 bits per heavy atom. The smallest absolute Gasteiger partial charge is 0.336 e. The number of carbonyl (C=O) groups is 2. The Balaban J connectivity index is 1.60. The van der Waals surface area contributed by atoms with E-state index in [4.69, 9.17) is 14.2 Å². The number of methoxy groups -OCH3 is 2. The zero-order valence-electron chi connectivity index (χ0n) is 18.5.